The number of rotatable bonds is 2. The fourth-order valence-electron chi connectivity index (χ4n) is 2.56. The van der Waals surface area contributed by atoms with Crippen molar-refractivity contribution < 1.29 is 13.3 Å². The summed E-state index contributed by atoms with van der Waals surface area (Å²) in [7, 11) is -1.45. The van der Waals surface area contributed by atoms with E-state index in [0.29, 0.717) is 11.5 Å². The van der Waals surface area contributed by atoms with Crippen LogP contribution in [0.3, 0.4) is 0 Å². The Hall–Kier alpha value is -2.81. The van der Waals surface area contributed by atoms with Crippen LogP contribution in [0, 0.1) is 10.4 Å². The van der Waals surface area contributed by atoms with Gasteiger partial charge in [0, 0.05) is 36.9 Å². The third kappa shape index (κ3) is 3.11. The lowest BCUT2D eigenvalue weighted by Gasteiger charge is -2.13. The number of nitrogens with zero attached hydrogens (tertiary/aromatic N) is 3. The number of fused-ring (bicyclic) bond motifs is 1. The van der Waals surface area contributed by atoms with E-state index in [1.54, 1.807) is 36.5 Å². The molecule has 0 radical (unpaired) electrons. The Bertz CT molecular complexity index is 1000. The normalized spacial score (nSPS) is 16.0. The number of hydrogen-bond donors (Lipinski definition) is 1. The van der Waals surface area contributed by atoms with Crippen LogP contribution in [0.4, 0.5) is 5.82 Å². The SMILES string of the molecule is CN1NC=c2c1nc(CS(C)(=O)=O)cc2=C1C=CC(=[N+]([O-])[O-])C=C1. The highest BCUT2D eigenvalue weighted by atomic mass is 32.2. The Kier molecular flexibility index (Phi) is 3.80. The zero-order chi connectivity index (χ0) is 17.5. The molecule has 0 aromatic carbocycles. The number of pyridine rings is 1. The summed E-state index contributed by atoms with van der Waals surface area (Å²) in [4.78, 5) is 3.94. The minimum Gasteiger partial charge on any atom is -0.612 e. The number of nitrogens with one attached hydrogen (secondary N) is 1. The average Bonchev–Trinajstić information content (AvgIpc) is 2.86. The van der Waals surface area contributed by atoms with Crippen molar-refractivity contribution in [3.8, 4) is 0 Å². The first kappa shape index (κ1) is 16.1. The quantitative estimate of drug-likeness (QED) is 0.542. The van der Waals surface area contributed by atoms with Crippen molar-refractivity contribution in [2.45, 2.75) is 5.75 Å². The molecule has 126 valence electrons. The average molecular weight is 347 g/mol. The van der Waals surface area contributed by atoms with Crippen molar-refractivity contribution in [2.24, 2.45) is 0 Å². The van der Waals surface area contributed by atoms with E-state index in [-0.39, 0.29) is 11.5 Å². The molecule has 0 bridgehead atoms. The van der Waals surface area contributed by atoms with Crippen molar-refractivity contribution in [3.63, 3.8) is 0 Å². The van der Waals surface area contributed by atoms with E-state index >= 15 is 0 Å². The lowest BCUT2D eigenvalue weighted by molar-refractivity contribution is -0.377. The summed E-state index contributed by atoms with van der Waals surface area (Å²) in [5.74, 6) is 0.443. The molecule has 0 spiro atoms. The van der Waals surface area contributed by atoms with Crippen molar-refractivity contribution in [3.05, 3.63) is 56.9 Å². The van der Waals surface area contributed by atoms with Gasteiger partial charge in [0.05, 0.1) is 11.4 Å². The van der Waals surface area contributed by atoms with Gasteiger partial charge in [-0.3, -0.25) is 5.01 Å². The molecule has 1 aromatic heterocycles. The van der Waals surface area contributed by atoms with E-state index in [1.165, 1.54) is 12.2 Å². The summed E-state index contributed by atoms with van der Waals surface area (Å²) >= 11 is 0. The molecular weight excluding hydrogens is 332 g/mol. The van der Waals surface area contributed by atoms with Crippen molar-refractivity contribution in [1.82, 2.24) is 10.4 Å². The third-order valence-corrected chi connectivity index (χ3v) is 4.43. The van der Waals surface area contributed by atoms with E-state index in [0.717, 1.165) is 22.3 Å². The van der Waals surface area contributed by atoms with E-state index in [2.05, 4.69) is 10.4 Å². The molecular formula is C15H15N4O4S-. The lowest BCUT2D eigenvalue weighted by atomic mass is 10.0. The predicted molar refractivity (Wildman–Crippen MR) is 91.7 cm³/mol. The Labute approximate surface area is 138 Å². The Balaban J connectivity index is 2.24. The van der Waals surface area contributed by atoms with Crippen LogP contribution in [-0.4, -0.2) is 37.3 Å². The molecule has 0 fully saturated rings. The van der Waals surface area contributed by atoms with Gasteiger partial charge in [-0.25, -0.2) is 13.4 Å². The molecule has 1 N–H and O–H groups in total. The lowest BCUT2D eigenvalue weighted by Crippen LogP contribution is -2.32. The van der Waals surface area contributed by atoms with E-state index in [4.69, 9.17) is 0 Å². The monoisotopic (exact) mass is 347 g/mol. The highest BCUT2D eigenvalue weighted by Crippen LogP contribution is 2.10. The van der Waals surface area contributed by atoms with E-state index in [1.807, 2.05) is 0 Å². The first-order valence-electron chi connectivity index (χ1n) is 7.04. The molecule has 0 saturated carbocycles. The largest absolute Gasteiger partial charge is 0.612 e. The van der Waals surface area contributed by atoms with Gasteiger partial charge in [-0.1, -0.05) is 0 Å². The van der Waals surface area contributed by atoms with Gasteiger partial charge in [0.2, 0.25) is 5.71 Å². The number of allylic oxidation sites excluding steroid dienone is 4. The molecule has 0 amide bonds. The summed E-state index contributed by atoms with van der Waals surface area (Å²) in [6.45, 7) is 0. The van der Waals surface area contributed by atoms with Gasteiger partial charge >= 0.3 is 0 Å². The van der Waals surface area contributed by atoms with E-state index in [9.17, 15) is 18.8 Å². The van der Waals surface area contributed by atoms with Crippen LogP contribution in [0.5, 0.6) is 0 Å². The smallest absolute Gasteiger partial charge is 0.222 e. The minimum absolute atomic E-state index is 0.0000311. The number of sulfone groups is 1. The Morgan fingerprint density at radius 1 is 1.25 bits per heavy atom. The summed E-state index contributed by atoms with van der Waals surface area (Å²) in [5, 5.41) is 24.9. The maximum Gasteiger partial charge on any atom is 0.222 e. The van der Waals surface area contributed by atoms with Crippen molar-refractivity contribution >= 4 is 33.1 Å². The molecule has 8 nitrogen and oxygen atoms in total. The zero-order valence-electron chi connectivity index (χ0n) is 13.1. The van der Waals surface area contributed by atoms with Gasteiger partial charge in [-0.05, 0) is 29.0 Å². The second kappa shape index (κ2) is 5.68. The first-order valence-corrected chi connectivity index (χ1v) is 9.10. The molecule has 2 aliphatic rings. The molecule has 0 unspecified atom stereocenters. The molecule has 1 aliphatic heterocycles. The van der Waals surface area contributed by atoms with Gasteiger partial charge in [-0.2, -0.15) is 4.90 Å². The predicted octanol–water partition coefficient (Wildman–Crippen LogP) is -0.956. The highest BCUT2D eigenvalue weighted by Gasteiger charge is 2.16. The number of hydrazine groups is 1. The molecule has 1 aromatic rings. The van der Waals surface area contributed by atoms with Gasteiger partial charge in [0.25, 0.3) is 0 Å². The maximum absolute atomic E-state index is 11.6. The van der Waals surface area contributed by atoms with Crippen molar-refractivity contribution in [2.75, 3.05) is 18.3 Å². The summed E-state index contributed by atoms with van der Waals surface area (Å²) in [6.07, 6.45) is 9.05. The molecule has 0 saturated heterocycles. The van der Waals surface area contributed by atoms with Crippen LogP contribution < -0.4 is 20.9 Å². The van der Waals surface area contributed by atoms with Crippen molar-refractivity contribution in [1.29, 1.82) is 0 Å². The Morgan fingerprint density at radius 3 is 2.50 bits per heavy atom. The molecule has 0 atom stereocenters. The molecule has 24 heavy (non-hydrogen) atoms. The third-order valence-electron chi connectivity index (χ3n) is 3.61. The van der Waals surface area contributed by atoms with Crippen LogP contribution in [0.1, 0.15) is 5.69 Å². The minimum atomic E-state index is -3.23. The van der Waals surface area contributed by atoms with E-state index < -0.39 is 14.7 Å². The summed E-state index contributed by atoms with van der Waals surface area (Å²) < 4.78 is 23.2. The standard InChI is InChI=1S/C15H15N4O4S/c1-18-15-14(8-16-18)13(7-11(17-15)9-24(2,22)23)10-3-5-12(6-4-10)19(20)21/h3-8,16H,9H2,1-2H3/q-1. The van der Waals surface area contributed by atoms with Crippen LogP contribution >= 0.6 is 0 Å². The number of hydrogen-bond acceptors (Lipinski definition) is 7. The van der Waals surface area contributed by atoms with Gasteiger partial charge < -0.3 is 15.8 Å². The van der Waals surface area contributed by atoms with Crippen LogP contribution in [0.2, 0.25) is 0 Å². The summed E-state index contributed by atoms with van der Waals surface area (Å²) in [6, 6.07) is 1.71. The molecule has 1 aliphatic carbocycles. The maximum atomic E-state index is 11.6. The van der Waals surface area contributed by atoms with Crippen LogP contribution in [-0.2, 0) is 15.6 Å². The molecule has 2 heterocycles. The number of aromatic nitrogens is 1. The fraction of sp³-hybridized carbons (Fsp3) is 0.200. The van der Waals surface area contributed by atoms with Gasteiger partial charge in [0.15, 0.2) is 15.7 Å². The van der Waals surface area contributed by atoms with Crippen LogP contribution in [0.25, 0.3) is 11.8 Å². The second-order valence-electron chi connectivity index (χ2n) is 5.60. The van der Waals surface area contributed by atoms with Gasteiger partial charge in [0.1, 0.15) is 0 Å². The summed E-state index contributed by atoms with van der Waals surface area (Å²) in [5.41, 5.74) is 4.18. The number of anilines is 1. The molecule has 9 heteroatoms. The fourth-order valence-corrected chi connectivity index (χ4v) is 3.24. The highest BCUT2D eigenvalue weighted by molar-refractivity contribution is 7.89. The second-order valence-corrected chi connectivity index (χ2v) is 7.75. The first-order chi connectivity index (χ1) is 11.2. The van der Waals surface area contributed by atoms with Crippen LogP contribution in [0.15, 0.2) is 30.4 Å². The van der Waals surface area contributed by atoms with Gasteiger partial charge in [-0.15, -0.1) is 0 Å². The topological polar surface area (TPSA) is 111 Å². The zero-order valence-corrected chi connectivity index (χ0v) is 13.9. The Morgan fingerprint density at radius 2 is 1.92 bits per heavy atom. The molecule has 3 rings (SSSR count).